The molecule has 3 N–H and O–H groups in total. The van der Waals surface area contributed by atoms with E-state index in [-0.39, 0.29) is 25.9 Å². The molecule has 6 atom stereocenters. The van der Waals surface area contributed by atoms with Crippen molar-refractivity contribution in [1.29, 1.82) is 0 Å². The van der Waals surface area contributed by atoms with E-state index >= 15 is 0 Å². The Kier molecular flexibility index (Phi) is 42.5. The summed E-state index contributed by atoms with van der Waals surface area (Å²) < 4.78 is 28.2. The molecule has 71 heavy (non-hydrogen) atoms. The van der Waals surface area contributed by atoms with Crippen LogP contribution in [0.15, 0.2) is 97.2 Å². The molecule has 0 bridgehead atoms. The minimum atomic E-state index is -1.92. The second-order valence-electron chi connectivity index (χ2n) is 18.1. The monoisotopic (exact) mass is 995 g/mol. The van der Waals surface area contributed by atoms with E-state index < -0.39 is 67.3 Å². The summed E-state index contributed by atoms with van der Waals surface area (Å²) >= 11 is 0. The highest BCUT2D eigenvalue weighted by molar-refractivity contribution is 5.74. The predicted octanol–water partition coefficient (Wildman–Crippen LogP) is 13.3. The van der Waals surface area contributed by atoms with Gasteiger partial charge in [0, 0.05) is 19.3 Å². The van der Waals surface area contributed by atoms with Crippen LogP contribution in [0.5, 0.6) is 0 Å². The third kappa shape index (κ3) is 37.1. The molecule has 6 unspecified atom stereocenters. The first-order valence-electron chi connectivity index (χ1n) is 27.2. The summed E-state index contributed by atoms with van der Waals surface area (Å²) in [6.45, 7) is 5.65. The van der Waals surface area contributed by atoms with Gasteiger partial charge in [-0.2, -0.15) is 0 Å². The predicted molar refractivity (Wildman–Crippen MR) is 284 cm³/mol. The highest BCUT2D eigenvalue weighted by atomic mass is 16.7. The summed E-state index contributed by atoms with van der Waals surface area (Å²) in [5.41, 5.74) is 0. The van der Waals surface area contributed by atoms with Crippen molar-refractivity contribution in [2.45, 2.75) is 237 Å². The molecule has 0 aromatic carbocycles. The van der Waals surface area contributed by atoms with Crippen LogP contribution >= 0.6 is 0 Å². The van der Waals surface area contributed by atoms with E-state index in [0.29, 0.717) is 19.3 Å². The van der Waals surface area contributed by atoms with Gasteiger partial charge in [-0.3, -0.25) is 14.4 Å². The maximum atomic E-state index is 13.1. The average Bonchev–Trinajstić information content (AvgIpc) is 3.35. The Balaban J connectivity index is 2.79. The maximum Gasteiger partial charge on any atom is 0.335 e. The summed E-state index contributed by atoms with van der Waals surface area (Å²) in [5.74, 6) is -3.25. The van der Waals surface area contributed by atoms with Crippen LogP contribution in [0.2, 0.25) is 0 Å². The largest absolute Gasteiger partial charge is 0.479 e. The Morgan fingerprint density at radius 1 is 0.479 bits per heavy atom. The van der Waals surface area contributed by atoms with E-state index in [1.54, 1.807) is 0 Å². The second kappa shape index (κ2) is 46.7. The lowest BCUT2D eigenvalue weighted by Gasteiger charge is -2.40. The fourth-order valence-electron chi connectivity index (χ4n) is 7.52. The Morgan fingerprint density at radius 2 is 0.887 bits per heavy atom. The van der Waals surface area contributed by atoms with Crippen molar-refractivity contribution in [2.24, 2.45) is 0 Å². The van der Waals surface area contributed by atoms with Crippen LogP contribution in [-0.4, -0.2) is 89.2 Å². The van der Waals surface area contributed by atoms with Gasteiger partial charge in [0.25, 0.3) is 0 Å². The molecular weight excluding hydrogens is 901 g/mol. The van der Waals surface area contributed by atoms with Crippen LogP contribution < -0.4 is 0 Å². The molecule has 1 aliphatic heterocycles. The fraction of sp³-hybridized carbons (Fsp3) is 0.661. The highest BCUT2D eigenvalue weighted by Gasteiger charge is 2.50. The number of rotatable bonds is 44. The summed E-state index contributed by atoms with van der Waals surface area (Å²) in [6.07, 6.45) is 48.3. The molecule has 12 nitrogen and oxygen atoms in total. The molecule has 1 rings (SSSR count). The zero-order valence-electron chi connectivity index (χ0n) is 43.9. The van der Waals surface area contributed by atoms with Crippen LogP contribution in [0.4, 0.5) is 0 Å². The number of aliphatic carboxylic acids is 1. The second-order valence-corrected chi connectivity index (χ2v) is 18.1. The number of aliphatic hydroxyl groups is 2. The van der Waals surface area contributed by atoms with Gasteiger partial charge >= 0.3 is 23.9 Å². The number of hydrogen-bond acceptors (Lipinski definition) is 11. The normalized spacial score (nSPS) is 19.3. The lowest BCUT2D eigenvalue weighted by atomic mass is 9.98. The van der Waals surface area contributed by atoms with Gasteiger partial charge in [0.2, 0.25) is 0 Å². The van der Waals surface area contributed by atoms with Crippen molar-refractivity contribution in [3.05, 3.63) is 97.2 Å². The molecule has 0 aromatic heterocycles. The summed E-state index contributed by atoms with van der Waals surface area (Å²) in [7, 11) is 0. The zero-order chi connectivity index (χ0) is 51.8. The fourth-order valence-corrected chi connectivity index (χ4v) is 7.52. The number of carboxylic acids is 1. The first-order valence-corrected chi connectivity index (χ1v) is 27.2. The molecule has 1 saturated heterocycles. The lowest BCUT2D eigenvalue weighted by molar-refractivity contribution is -0.301. The van der Waals surface area contributed by atoms with Crippen LogP contribution in [-0.2, 0) is 42.9 Å². The van der Waals surface area contributed by atoms with Gasteiger partial charge in [0.15, 0.2) is 24.6 Å². The molecule has 1 heterocycles. The van der Waals surface area contributed by atoms with Gasteiger partial charge in [0.05, 0.1) is 6.61 Å². The number of carbonyl (C=O) groups excluding carboxylic acids is 3. The van der Waals surface area contributed by atoms with Gasteiger partial charge in [-0.25, -0.2) is 4.79 Å². The first-order chi connectivity index (χ1) is 34.6. The number of esters is 3. The zero-order valence-corrected chi connectivity index (χ0v) is 43.9. The molecule has 1 fully saturated rings. The summed E-state index contributed by atoms with van der Waals surface area (Å²) in [4.78, 5) is 50.9. The first kappa shape index (κ1) is 64.7. The Bertz CT molecular complexity index is 1610. The van der Waals surface area contributed by atoms with Crippen LogP contribution in [0.3, 0.4) is 0 Å². The van der Waals surface area contributed by atoms with Crippen molar-refractivity contribution in [2.75, 3.05) is 13.2 Å². The number of unbranched alkanes of at least 4 members (excludes halogenated alkanes) is 14. The van der Waals surface area contributed by atoms with Gasteiger partial charge in [-0.15, -0.1) is 0 Å². The van der Waals surface area contributed by atoms with Crippen LogP contribution in [0, 0.1) is 0 Å². The van der Waals surface area contributed by atoms with Crippen LogP contribution in [0.25, 0.3) is 0 Å². The molecule has 402 valence electrons. The van der Waals surface area contributed by atoms with E-state index in [1.807, 2.05) is 0 Å². The van der Waals surface area contributed by atoms with Crippen molar-refractivity contribution < 1.29 is 58.2 Å². The smallest absolute Gasteiger partial charge is 0.335 e. The molecule has 12 heteroatoms. The molecule has 0 saturated carbocycles. The van der Waals surface area contributed by atoms with Gasteiger partial charge in [-0.05, 0) is 96.3 Å². The van der Waals surface area contributed by atoms with Crippen molar-refractivity contribution in [1.82, 2.24) is 0 Å². The lowest BCUT2D eigenvalue weighted by Crippen LogP contribution is -2.61. The number of allylic oxidation sites excluding steroid dienone is 16. The highest BCUT2D eigenvalue weighted by Crippen LogP contribution is 2.26. The van der Waals surface area contributed by atoms with Crippen LogP contribution in [0.1, 0.15) is 201 Å². The third-order valence-corrected chi connectivity index (χ3v) is 11.7. The molecule has 1 aliphatic rings. The topological polar surface area (TPSA) is 175 Å². The van der Waals surface area contributed by atoms with Crippen molar-refractivity contribution >= 4 is 23.9 Å². The Hall–Kier alpha value is -4.36. The molecule has 0 amide bonds. The molecule has 0 aliphatic carbocycles. The number of carbonyl (C=O) groups is 4. The minimum Gasteiger partial charge on any atom is -0.479 e. The van der Waals surface area contributed by atoms with Gasteiger partial charge in [0.1, 0.15) is 18.8 Å². The van der Waals surface area contributed by atoms with Gasteiger partial charge in [-0.1, -0.05) is 182 Å². The summed E-state index contributed by atoms with van der Waals surface area (Å²) in [5, 5.41) is 31.4. The van der Waals surface area contributed by atoms with E-state index in [0.717, 1.165) is 103 Å². The van der Waals surface area contributed by atoms with Crippen molar-refractivity contribution in [3.8, 4) is 0 Å². The van der Waals surface area contributed by atoms with E-state index in [1.165, 1.54) is 38.5 Å². The third-order valence-electron chi connectivity index (χ3n) is 11.7. The Morgan fingerprint density at radius 3 is 1.35 bits per heavy atom. The SMILES string of the molecule is CC/C=C\C/C=C\C/C=C\C/C=C\CCCCC(=O)OCC(COC1OC(C(=O)O)C(O)C(O)C1OC(=O)CCCCCCCCCCCCC)OC(=O)CCCC/C=C\C/C=C\C/C=C\C/C=C\CC. The number of hydrogen-bond donors (Lipinski definition) is 3. The van der Waals surface area contributed by atoms with Gasteiger partial charge < -0.3 is 39.0 Å². The number of aliphatic hydroxyl groups excluding tert-OH is 2. The average molecular weight is 995 g/mol. The Labute approximate surface area is 428 Å². The van der Waals surface area contributed by atoms with E-state index in [2.05, 4.69) is 118 Å². The maximum absolute atomic E-state index is 13.1. The number of carboxylic acid groups (broad SMARTS) is 1. The van der Waals surface area contributed by atoms with E-state index in [4.69, 9.17) is 23.7 Å². The molecular formula is C59H94O12. The standard InChI is InChI=1S/C59H94O12/c1-4-7-10-13-16-19-22-24-26-28-31-33-36-39-42-45-51(60)67-48-50(69-52(61)46-43-40-37-35-32-29-27-25-23-20-17-14-11-8-5-2)49-68-59-57(55(64)54(63)56(71-59)58(65)66)70-53(62)47-44-41-38-34-30-21-18-15-12-9-6-3/h7-8,10-11,16-17,19-20,24-27,31-33,35,50,54-57,59,63-64H,4-6,9,12-15,18,21-23,28-30,34,36-49H2,1-3H3,(H,65,66)/b10-7-,11-8-,19-16-,20-17-,26-24-,27-25-,33-31-,35-32-. The molecule has 0 spiro atoms. The number of ether oxygens (including phenoxy) is 5. The van der Waals surface area contributed by atoms with Crippen molar-refractivity contribution in [3.63, 3.8) is 0 Å². The van der Waals surface area contributed by atoms with E-state index in [9.17, 15) is 34.5 Å². The minimum absolute atomic E-state index is 0.0489. The summed E-state index contributed by atoms with van der Waals surface area (Å²) in [6, 6.07) is 0. The quantitative estimate of drug-likeness (QED) is 0.0228. The molecule has 0 aromatic rings. The molecule has 0 radical (unpaired) electrons.